The summed E-state index contributed by atoms with van der Waals surface area (Å²) < 4.78 is 0. The van der Waals surface area contributed by atoms with Gasteiger partial charge >= 0.3 is 0 Å². The summed E-state index contributed by atoms with van der Waals surface area (Å²) >= 11 is 0. The maximum absolute atomic E-state index is 4.00. The first kappa shape index (κ1) is 12.0. The summed E-state index contributed by atoms with van der Waals surface area (Å²) in [6, 6.07) is 0.762. The van der Waals surface area contributed by atoms with Crippen LogP contribution in [-0.4, -0.2) is 12.6 Å². The summed E-state index contributed by atoms with van der Waals surface area (Å²) in [6.45, 7) is 11.2. The Balaban J connectivity index is 1.70. The first-order chi connectivity index (χ1) is 7.92. The Morgan fingerprint density at radius 3 is 2.29 bits per heavy atom. The topological polar surface area (TPSA) is 12.0 Å². The van der Waals surface area contributed by atoms with E-state index < -0.39 is 0 Å². The second-order valence-corrected chi connectivity index (χ2v) is 8.08. The normalized spacial score (nSPS) is 45.2. The van der Waals surface area contributed by atoms with Gasteiger partial charge in [-0.05, 0) is 60.7 Å². The fourth-order valence-corrected chi connectivity index (χ4v) is 4.96. The van der Waals surface area contributed by atoms with Gasteiger partial charge in [0.1, 0.15) is 0 Å². The average Bonchev–Trinajstić information content (AvgIpc) is 2.89. The van der Waals surface area contributed by atoms with Crippen LogP contribution in [0.3, 0.4) is 0 Å². The summed E-state index contributed by atoms with van der Waals surface area (Å²) in [4.78, 5) is 0. The van der Waals surface area contributed by atoms with Crippen molar-refractivity contribution in [1.82, 2.24) is 5.32 Å². The van der Waals surface area contributed by atoms with Crippen LogP contribution >= 0.6 is 0 Å². The number of rotatable bonds is 4. The molecule has 2 bridgehead atoms. The molecule has 17 heavy (non-hydrogen) atoms. The van der Waals surface area contributed by atoms with Crippen LogP contribution in [0.2, 0.25) is 0 Å². The monoisotopic (exact) mass is 235 g/mol. The fraction of sp³-hybridized carbons (Fsp3) is 1.00. The van der Waals surface area contributed by atoms with Crippen molar-refractivity contribution in [3.8, 4) is 0 Å². The van der Waals surface area contributed by atoms with Crippen LogP contribution in [0.4, 0.5) is 0 Å². The minimum Gasteiger partial charge on any atom is -0.312 e. The lowest BCUT2D eigenvalue weighted by atomic mass is 9.68. The molecule has 0 radical (unpaired) electrons. The molecule has 0 aromatic rings. The highest BCUT2D eigenvalue weighted by Gasteiger charge is 2.59. The lowest BCUT2D eigenvalue weighted by Gasteiger charge is -2.44. The van der Waals surface area contributed by atoms with Crippen molar-refractivity contribution in [3.63, 3.8) is 0 Å². The zero-order chi connectivity index (χ0) is 12.3. The first-order valence-electron chi connectivity index (χ1n) is 7.65. The molecular formula is C16H29N. The SMILES string of the molecule is CCC1(CNC2C3(C)CCC(C3)C2(C)C)CC1. The van der Waals surface area contributed by atoms with Gasteiger partial charge in [-0.15, -0.1) is 0 Å². The number of fused-ring (bicyclic) bond motifs is 2. The van der Waals surface area contributed by atoms with E-state index >= 15 is 0 Å². The number of hydrogen-bond acceptors (Lipinski definition) is 1. The van der Waals surface area contributed by atoms with Crippen molar-refractivity contribution in [2.75, 3.05) is 6.54 Å². The quantitative estimate of drug-likeness (QED) is 0.777. The first-order valence-corrected chi connectivity index (χ1v) is 7.65. The summed E-state index contributed by atoms with van der Waals surface area (Å²) in [6.07, 6.45) is 8.69. The summed E-state index contributed by atoms with van der Waals surface area (Å²) in [5, 5.41) is 4.00. The third-order valence-corrected chi connectivity index (χ3v) is 6.66. The summed E-state index contributed by atoms with van der Waals surface area (Å²) in [5.74, 6) is 0.974. The van der Waals surface area contributed by atoms with E-state index in [1.165, 1.54) is 45.1 Å². The summed E-state index contributed by atoms with van der Waals surface area (Å²) in [5.41, 5.74) is 1.81. The Morgan fingerprint density at radius 1 is 1.12 bits per heavy atom. The molecule has 3 aliphatic rings. The van der Waals surface area contributed by atoms with Crippen molar-refractivity contribution in [2.24, 2.45) is 22.2 Å². The molecule has 0 aliphatic heterocycles. The lowest BCUT2D eigenvalue weighted by molar-refractivity contribution is 0.103. The molecule has 0 aromatic heterocycles. The van der Waals surface area contributed by atoms with E-state index in [1.807, 2.05) is 0 Å². The van der Waals surface area contributed by atoms with E-state index in [0.717, 1.165) is 12.0 Å². The van der Waals surface area contributed by atoms with Gasteiger partial charge in [0.15, 0.2) is 0 Å². The molecule has 1 nitrogen and oxygen atoms in total. The number of hydrogen-bond donors (Lipinski definition) is 1. The van der Waals surface area contributed by atoms with Gasteiger partial charge in [-0.1, -0.05) is 27.7 Å². The van der Waals surface area contributed by atoms with Crippen molar-refractivity contribution in [3.05, 3.63) is 0 Å². The third kappa shape index (κ3) is 1.69. The van der Waals surface area contributed by atoms with E-state index in [2.05, 4.69) is 33.0 Å². The molecule has 3 aliphatic carbocycles. The van der Waals surface area contributed by atoms with Crippen LogP contribution in [0, 0.1) is 22.2 Å². The number of nitrogens with one attached hydrogen (secondary N) is 1. The Labute approximate surface area is 107 Å². The van der Waals surface area contributed by atoms with Crippen molar-refractivity contribution < 1.29 is 0 Å². The van der Waals surface area contributed by atoms with Crippen molar-refractivity contribution >= 4 is 0 Å². The molecule has 0 amide bonds. The van der Waals surface area contributed by atoms with Gasteiger partial charge in [0, 0.05) is 12.6 Å². The van der Waals surface area contributed by atoms with Crippen LogP contribution in [-0.2, 0) is 0 Å². The molecule has 1 heteroatoms. The molecule has 0 aromatic carbocycles. The fourth-order valence-electron chi connectivity index (χ4n) is 4.96. The predicted molar refractivity (Wildman–Crippen MR) is 73.0 cm³/mol. The van der Waals surface area contributed by atoms with Crippen LogP contribution in [0.25, 0.3) is 0 Å². The zero-order valence-electron chi connectivity index (χ0n) is 12.1. The van der Waals surface area contributed by atoms with E-state index in [9.17, 15) is 0 Å². The van der Waals surface area contributed by atoms with Gasteiger partial charge in [0.2, 0.25) is 0 Å². The summed E-state index contributed by atoms with van der Waals surface area (Å²) in [7, 11) is 0. The minimum atomic E-state index is 0.525. The Hall–Kier alpha value is -0.0400. The average molecular weight is 235 g/mol. The van der Waals surface area contributed by atoms with Crippen LogP contribution in [0.1, 0.15) is 66.2 Å². The van der Waals surface area contributed by atoms with Gasteiger partial charge < -0.3 is 5.32 Å². The smallest absolute Gasteiger partial charge is 0.0175 e. The molecule has 0 heterocycles. The van der Waals surface area contributed by atoms with E-state index in [1.54, 1.807) is 0 Å². The maximum Gasteiger partial charge on any atom is 0.0175 e. The maximum atomic E-state index is 4.00. The van der Waals surface area contributed by atoms with Gasteiger partial charge in [-0.3, -0.25) is 0 Å². The molecule has 0 spiro atoms. The van der Waals surface area contributed by atoms with Crippen LogP contribution < -0.4 is 5.32 Å². The van der Waals surface area contributed by atoms with E-state index in [0.29, 0.717) is 16.2 Å². The standard InChI is InChI=1S/C16H29N/c1-5-16(8-9-16)11-17-13-14(2,3)12-6-7-15(13,4)10-12/h12-13,17H,5-11H2,1-4H3. The van der Waals surface area contributed by atoms with Crippen molar-refractivity contribution in [1.29, 1.82) is 0 Å². The Bertz CT molecular complexity index is 311. The van der Waals surface area contributed by atoms with Gasteiger partial charge in [-0.25, -0.2) is 0 Å². The van der Waals surface area contributed by atoms with Crippen LogP contribution in [0.5, 0.6) is 0 Å². The van der Waals surface area contributed by atoms with Crippen molar-refractivity contribution in [2.45, 2.75) is 72.3 Å². The Kier molecular flexibility index (Phi) is 2.47. The molecule has 0 saturated heterocycles. The molecule has 3 fully saturated rings. The molecule has 3 unspecified atom stereocenters. The largest absolute Gasteiger partial charge is 0.312 e. The highest BCUT2D eigenvalue weighted by Crippen LogP contribution is 2.62. The van der Waals surface area contributed by atoms with Crippen LogP contribution in [0.15, 0.2) is 0 Å². The van der Waals surface area contributed by atoms with Gasteiger partial charge in [-0.2, -0.15) is 0 Å². The highest BCUT2D eigenvalue weighted by molar-refractivity contribution is 5.12. The highest BCUT2D eigenvalue weighted by atomic mass is 15.0. The molecule has 3 rings (SSSR count). The van der Waals surface area contributed by atoms with Gasteiger partial charge in [0.25, 0.3) is 0 Å². The Morgan fingerprint density at radius 2 is 1.82 bits per heavy atom. The molecule has 1 N–H and O–H groups in total. The van der Waals surface area contributed by atoms with E-state index in [4.69, 9.17) is 0 Å². The zero-order valence-corrected chi connectivity index (χ0v) is 12.1. The minimum absolute atomic E-state index is 0.525. The molecule has 98 valence electrons. The second-order valence-electron chi connectivity index (χ2n) is 8.08. The lowest BCUT2D eigenvalue weighted by Crippen LogP contribution is -2.51. The molecular weight excluding hydrogens is 206 g/mol. The van der Waals surface area contributed by atoms with E-state index in [-0.39, 0.29) is 0 Å². The van der Waals surface area contributed by atoms with Gasteiger partial charge in [0.05, 0.1) is 0 Å². The predicted octanol–water partition coefficient (Wildman–Crippen LogP) is 3.98. The molecule has 3 atom stereocenters. The molecule has 3 saturated carbocycles. The second kappa shape index (κ2) is 3.50. The third-order valence-electron chi connectivity index (χ3n) is 6.66.